The highest BCUT2D eigenvalue weighted by molar-refractivity contribution is 8.01. The van der Waals surface area contributed by atoms with E-state index in [4.69, 9.17) is 0 Å². The van der Waals surface area contributed by atoms with Gasteiger partial charge in [0.25, 0.3) is 0 Å². The highest BCUT2D eigenvalue weighted by Crippen LogP contribution is 2.29. The van der Waals surface area contributed by atoms with Crippen molar-refractivity contribution in [2.45, 2.75) is 13.2 Å². The highest BCUT2D eigenvalue weighted by atomic mass is 32.2. The zero-order valence-electron chi connectivity index (χ0n) is 4.89. The summed E-state index contributed by atoms with van der Waals surface area (Å²) < 4.78 is 14.0. The first-order chi connectivity index (χ1) is 3.70. The van der Waals surface area contributed by atoms with Crippen molar-refractivity contribution in [3.05, 3.63) is 11.0 Å². The van der Waals surface area contributed by atoms with E-state index in [-0.39, 0.29) is 0 Å². The molecule has 1 heterocycles. The van der Waals surface area contributed by atoms with Gasteiger partial charge in [-0.25, -0.2) is 8.70 Å². The Kier molecular flexibility index (Phi) is 1.58. The van der Waals surface area contributed by atoms with Gasteiger partial charge in [-0.15, -0.1) is 0 Å². The van der Waals surface area contributed by atoms with Gasteiger partial charge >= 0.3 is 0 Å². The van der Waals surface area contributed by atoms with Crippen molar-refractivity contribution in [2.75, 3.05) is 7.05 Å². The van der Waals surface area contributed by atoms with Gasteiger partial charge in [-0.2, -0.15) is 0 Å². The lowest BCUT2D eigenvalue weighted by Crippen LogP contribution is -2.12. The zero-order valence-corrected chi connectivity index (χ0v) is 5.70. The topological polar surface area (TPSA) is 3.24 Å². The van der Waals surface area contributed by atoms with Crippen LogP contribution >= 0.6 is 11.9 Å². The molecule has 1 atom stereocenters. The van der Waals surface area contributed by atoms with E-state index in [1.165, 1.54) is 11.9 Å². The molecule has 0 spiro atoms. The second-order valence-electron chi connectivity index (χ2n) is 1.79. The molecule has 8 heavy (non-hydrogen) atoms. The lowest BCUT2D eigenvalue weighted by molar-refractivity contribution is 0.267. The summed E-state index contributed by atoms with van der Waals surface area (Å²) in [5.74, 6) is 0. The maximum absolute atomic E-state index is 12.4. The number of rotatable bonds is 0. The summed E-state index contributed by atoms with van der Waals surface area (Å²) >= 11 is 1.45. The Bertz CT molecular complexity index is 124. The van der Waals surface area contributed by atoms with Crippen molar-refractivity contribution in [3.8, 4) is 0 Å². The number of likely N-dealkylation sites (N-methyl/N-ethyl adjacent to an activating group) is 1. The molecule has 3 heteroatoms. The van der Waals surface area contributed by atoms with Gasteiger partial charge < -0.3 is 0 Å². The van der Waals surface area contributed by atoms with E-state index in [2.05, 4.69) is 0 Å². The molecule has 1 unspecified atom stereocenters. The second kappa shape index (κ2) is 2.07. The molecule has 0 aliphatic carbocycles. The van der Waals surface area contributed by atoms with Crippen molar-refractivity contribution >= 4 is 11.9 Å². The van der Waals surface area contributed by atoms with Gasteiger partial charge in [0, 0.05) is 7.05 Å². The van der Waals surface area contributed by atoms with Gasteiger partial charge in [0.2, 0.25) is 0 Å². The monoisotopic (exact) mass is 133 g/mol. The first kappa shape index (κ1) is 6.11. The van der Waals surface area contributed by atoms with E-state index >= 15 is 0 Å². The van der Waals surface area contributed by atoms with Crippen LogP contribution in [0.3, 0.4) is 0 Å². The summed E-state index contributed by atoms with van der Waals surface area (Å²) in [5, 5.41) is 0. The molecular formula is C5H8FNS. The quantitative estimate of drug-likeness (QED) is 0.366. The van der Waals surface area contributed by atoms with E-state index in [1.54, 1.807) is 17.4 Å². The molecule has 1 nitrogen and oxygen atoms in total. The van der Waals surface area contributed by atoms with E-state index in [9.17, 15) is 4.39 Å². The van der Waals surface area contributed by atoms with Gasteiger partial charge in [-0.3, -0.25) is 0 Å². The maximum atomic E-state index is 12.4. The molecule has 0 amide bonds. The van der Waals surface area contributed by atoms with Crippen molar-refractivity contribution in [2.24, 2.45) is 0 Å². The Balaban J connectivity index is 2.56. The molecule has 0 saturated carbocycles. The van der Waals surface area contributed by atoms with Crippen LogP contribution in [0.4, 0.5) is 4.39 Å². The van der Waals surface area contributed by atoms with Gasteiger partial charge in [-0.1, -0.05) is 0 Å². The third-order valence-corrected chi connectivity index (χ3v) is 1.92. The average molecular weight is 133 g/mol. The number of alkyl halides is 1. The van der Waals surface area contributed by atoms with Gasteiger partial charge in [-0.05, 0) is 29.9 Å². The van der Waals surface area contributed by atoms with Gasteiger partial charge in [0.05, 0.1) is 0 Å². The number of hydrogen-bond acceptors (Lipinski definition) is 2. The molecule has 0 aromatic rings. The summed E-state index contributed by atoms with van der Waals surface area (Å²) in [5.41, 5.74) is 0. The number of nitrogens with zero attached hydrogens (tertiary/aromatic N) is 1. The van der Waals surface area contributed by atoms with Crippen LogP contribution < -0.4 is 0 Å². The lowest BCUT2D eigenvalue weighted by Gasteiger charge is -2.07. The minimum Gasteiger partial charge on any atom is -0.224 e. The molecule has 1 rings (SSSR count). The maximum Gasteiger partial charge on any atom is 0.182 e. The van der Waals surface area contributed by atoms with Crippen LogP contribution in [0.2, 0.25) is 0 Å². The molecule has 0 fully saturated rings. The van der Waals surface area contributed by atoms with Crippen LogP contribution in [-0.2, 0) is 0 Å². The molecule has 0 radical (unpaired) electrons. The predicted octanol–water partition coefficient (Wildman–Crippen LogP) is 1.78. The molecule has 0 bridgehead atoms. The van der Waals surface area contributed by atoms with Crippen LogP contribution in [0.1, 0.15) is 6.92 Å². The highest BCUT2D eigenvalue weighted by Gasteiger charge is 2.17. The van der Waals surface area contributed by atoms with E-state index < -0.39 is 6.30 Å². The summed E-state index contributed by atoms with van der Waals surface area (Å²) in [6, 6.07) is 0. The van der Waals surface area contributed by atoms with Crippen molar-refractivity contribution < 1.29 is 4.39 Å². The summed E-state index contributed by atoms with van der Waals surface area (Å²) in [7, 11) is 1.74. The summed E-state index contributed by atoms with van der Waals surface area (Å²) in [4.78, 5) is 1.04. The minimum absolute atomic E-state index is 0.875. The first-order valence-corrected chi connectivity index (χ1v) is 3.21. The third kappa shape index (κ3) is 1.03. The van der Waals surface area contributed by atoms with Gasteiger partial charge in [0.1, 0.15) is 0 Å². The zero-order chi connectivity index (χ0) is 6.15. The fourth-order valence-corrected chi connectivity index (χ4v) is 1.40. The van der Waals surface area contributed by atoms with Crippen LogP contribution in [0, 0.1) is 0 Å². The second-order valence-corrected chi connectivity index (χ2v) is 3.19. The summed E-state index contributed by atoms with van der Waals surface area (Å²) in [6.07, 6.45) is 0.727. The number of hydrogen-bond donors (Lipinski definition) is 0. The standard InChI is InChI=1S/C5H8FNS/c1-4-3-5(6)7(2)8-4/h3,5H,1-2H3. The van der Waals surface area contributed by atoms with E-state index in [1.807, 2.05) is 6.92 Å². The predicted molar refractivity (Wildman–Crippen MR) is 34.0 cm³/mol. The van der Waals surface area contributed by atoms with Gasteiger partial charge in [0.15, 0.2) is 6.30 Å². The van der Waals surface area contributed by atoms with Crippen LogP contribution in [-0.4, -0.2) is 17.6 Å². The first-order valence-electron chi connectivity index (χ1n) is 2.43. The molecule has 0 saturated heterocycles. The summed E-state index contributed by atoms with van der Waals surface area (Å²) in [6.45, 7) is 1.90. The molecule has 0 N–H and O–H groups in total. The smallest absolute Gasteiger partial charge is 0.182 e. The lowest BCUT2D eigenvalue weighted by atomic mass is 10.5. The number of allylic oxidation sites excluding steroid dienone is 1. The van der Waals surface area contributed by atoms with Crippen LogP contribution in [0.5, 0.6) is 0 Å². The van der Waals surface area contributed by atoms with Crippen LogP contribution in [0.15, 0.2) is 11.0 Å². The van der Waals surface area contributed by atoms with Crippen molar-refractivity contribution in [1.82, 2.24) is 4.31 Å². The van der Waals surface area contributed by atoms with E-state index in [0.29, 0.717) is 0 Å². The minimum atomic E-state index is -0.875. The average Bonchev–Trinajstić information content (AvgIpc) is 1.85. The molecule has 0 aromatic heterocycles. The third-order valence-electron chi connectivity index (χ3n) is 1.01. The van der Waals surface area contributed by atoms with Crippen LogP contribution in [0.25, 0.3) is 0 Å². The Morgan fingerprint density at radius 2 is 2.50 bits per heavy atom. The number of halogens is 1. The molecule has 1 aliphatic rings. The largest absolute Gasteiger partial charge is 0.224 e. The molecular weight excluding hydrogens is 125 g/mol. The van der Waals surface area contributed by atoms with Crippen molar-refractivity contribution in [3.63, 3.8) is 0 Å². The molecule has 0 aromatic carbocycles. The van der Waals surface area contributed by atoms with Crippen molar-refractivity contribution in [1.29, 1.82) is 0 Å². The Morgan fingerprint density at radius 1 is 1.88 bits per heavy atom. The normalized spacial score (nSPS) is 30.9. The Labute approximate surface area is 52.7 Å². The Hall–Kier alpha value is -0.0200. The SMILES string of the molecule is CC1=CC(F)N(C)S1. The molecule has 46 valence electrons. The molecule has 1 aliphatic heterocycles. The Morgan fingerprint density at radius 3 is 2.62 bits per heavy atom. The fourth-order valence-electron chi connectivity index (χ4n) is 0.607. The van der Waals surface area contributed by atoms with E-state index in [0.717, 1.165) is 4.91 Å². The fraction of sp³-hybridized carbons (Fsp3) is 0.600.